The van der Waals surface area contributed by atoms with E-state index in [1.165, 1.54) is 5.56 Å². The Bertz CT molecular complexity index is 942. The van der Waals surface area contributed by atoms with Gasteiger partial charge in [-0.3, -0.25) is 0 Å². The number of phenols is 1. The first-order valence-electron chi connectivity index (χ1n) is 12.1. The van der Waals surface area contributed by atoms with Crippen LogP contribution in [-0.4, -0.2) is 54.2 Å². The van der Waals surface area contributed by atoms with E-state index in [-0.39, 0.29) is 16.9 Å². The van der Waals surface area contributed by atoms with Crippen molar-refractivity contribution in [2.75, 3.05) is 38.5 Å². The van der Waals surface area contributed by atoms with Gasteiger partial charge in [0.1, 0.15) is 5.75 Å². The van der Waals surface area contributed by atoms with Crippen LogP contribution in [0.5, 0.6) is 5.75 Å². The summed E-state index contributed by atoms with van der Waals surface area (Å²) >= 11 is 0. The Kier molecular flexibility index (Phi) is 7.42. The topological polar surface area (TPSA) is 55.8 Å². The molecule has 1 aliphatic rings. The number of hydrogen-bond donors (Lipinski definition) is 2. The molecular formula is C28H41N3O2. The lowest BCUT2D eigenvalue weighted by molar-refractivity contribution is 0.164. The number of benzene rings is 2. The van der Waals surface area contributed by atoms with Crippen LogP contribution < -0.4 is 5.32 Å². The molecule has 5 nitrogen and oxygen atoms in total. The summed E-state index contributed by atoms with van der Waals surface area (Å²) in [6.45, 7) is 16.2. The van der Waals surface area contributed by atoms with Crippen molar-refractivity contribution in [3.63, 3.8) is 0 Å². The van der Waals surface area contributed by atoms with Crippen LogP contribution in [0.4, 0.5) is 10.5 Å². The number of aryl methyl sites for hydroxylation is 2. The van der Waals surface area contributed by atoms with E-state index >= 15 is 0 Å². The molecule has 1 heterocycles. The van der Waals surface area contributed by atoms with Crippen LogP contribution >= 0.6 is 0 Å². The zero-order chi connectivity index (χ0) is 24.4. The van der Waals surface area contributed by atoms with Gasteiger partial charge in [0.25, 0.3) is 0 Å². The van der Waals surface area contributed by atoms with Crippen molar-refractivity contribution < 1.29 is 9.90 Å². The highest BCUT2D eigenvalue weighted by Gasteiger charge is 2.26. The number of carbonyl (C=O) groups is 1. The van der Waals surface area contributed by atoms with E-state index in [1.54, 1.807) is 0 Å². The largest absolute Gasteiger partial charge is 0.507 e. The molecule has 1 aliphatic heterocycles. The number of para-hydroxylation sites is 1. The number of nitrogens with one attached hydrogen (secondary N) is 1. The Hall–Kier alpha value is -2.53. The molecule has 0 radical (unpaired) electrons. The Morgan fingerprint density at radius 3 is 2.00 bits per heavy atom. The van der Waals surface area contributed by atoms with Crippen molar-refractivity contribution in [3.8, 4) is 5.75 Å². The fraction of sp³-hybridized carbons (Fsp3) is 0.536. The molecule has 1 fully saturated rings. The number of rotatable bonds is 4. The maximum atomic E-state index is 12.8. The summed E-state index contributed by atoms with van der Waals surface area (Å²) in [5.74, 6) is 0.415. The molecule has 2 N–H and O–H groups in total. The van der Waals surface area contributed by atoms with Crippen LogP contribution in [0, 0.1) is 0 Å². The number of phenolic OH excluding ortho intramolecular Hbond substituents is 1. The number of carbonyl (C=O) groups excluding carboxylic acids is 1. The van der Waals surface area contributed by atoms with Crippen LogP contribution in [0.15, 0.2) is 36.4 Å². The van der Waals surface area contributed by atoms with Gasteiger partial charge in [-0.25, -0.2) is 4.79 Å². The number of anilines is 1. The van der Waals surface area contributed by atoms with Crippen molar-refractivity contribution in [1.29, 1.82) is 0 Å². The number of amides is 2. The maximum absolute atomic E-state index is 12.8. The Morgan fingerprint density at radius 1 is 0.909 bits per heavy atom. The minimum atomic E-state index is -0.144. The smallest absolute Gasteiger partial charge is 0.321 e. The molecule has 0 atom stereocenters. The number of likely N-dealkylation sites (N-methyl/N-ethyl adjacent to an activating group) is 1. The highest BCUT2D eigenvalue weighted by atomic mass is 16.3. The van der Waals surface area contributed by atoms with E-state index in [4.69, 9.17) is 0 Å². The first-order valence-corrected chi connectivity index (χ1v) is 12.1. The zero-order valence-corrected chi connectivity index (χ0v) is 21.5. The van der Waals surface area contributed by atoms with E-state index in [1.807, 2.05) is 23.1 Å². The number of nitrogens with zero attached hydrogens (tertiary/aromatic N) is 2. The quantitative estimate of drug-likeness (QED) is 0.641. The van der Waals surface area contributed by atoms with Crippen LogP contribution in [0.2, 0.25) is 0 Å². The van der Waals surface area contributed by atoms with Crippen LogP contribution in [0.3, 0.4) is 0 Å². The molecular weight excluding hydrogens is 410 g/mol. The maximum Gasteiger partial charge on any atom is 0.321 e. The number of urea groups is 1. The lowest BCUT2D eigenvalue weighted by Crippen LogP contribution is -2.48. The second-order valence-corrected chi connectivity index (χ2v) is 11.4. The summed E-state index contributed by atoms with van der Waals surface area (Å²) < 4.78 is 0. The fourth-order valence-electron chi connectivity index (χ4n) is 4.33. The molecule has 3 rings (SSSR count). The Morgan fingerprint density at radius 2 is 1.45 bits per heavy atom. The van der Waals surface area contributed by atoms with Gasteiger partial charge in [0.05, 0.1) is 0 Å². The van der Waals surface area contributed by atoms with Crippen molar-refractivity contribution in [2.24, 2.45) is 0 Å². The molecule has 0 unspecified atom stereocenters. The van der Waals surface area contributed by atoms with Gasteiger partial charge in [0, 0.05) is 31.9 Å². The normalized spacial score (nSPS) is 15.5. The summed E-state index contributed by atoms with van der Waals surface area (Å²) in [5, 5.41) is 14.1. The molecule has 1 saturated heterocycles. The monoisotopic (exact) mass is 451 g/mol. The van der Waals surface area contributed by atoms with E-state index in [0.29, 0.717) is 5.75 Å². The average Bonchev–Trinajstić information content (AvgIpc) is 2.72. The van der Waals surface area contributed by atoms with E-state index in [2.05, 4.69) is 77.0 Å². The van der Waals surface area contributed by atoms with Gasteiger partial charge < -0.3 is 20.2 Å². The Balaban J connectivity index is 1.80. The van der Waals surface area contributed by atoms with Crippen LogP contribution in [0.25, 0.3) is 0 Å². The second kappa shape index (κ2) is 9.76. The first-order chi connectivity index (χ1) is 15.4. The van der Waals surface area contributed by atoms with Gasteiger partial charge in [0.15, 0.2) is 0 Å². The number of piperazine rings is 1. The van der Waals surface area contributed by atoms with Gasteiger partial charge in [-0.1, -0.05) is 71.9 Å². The van der Waals surface area contributed by atoms with Gasteiger partial charge in [-0.15, -0.1) is 0 Å². The molecule has 0 aliphatic carbocycles. The molecule has 33 heavy (non-hydrogen) atoms. The molecule has 0 saturated carbocycles. The van der Waals surface area contributed by atoms with E-state index in [0.717, 1.165) is 61.4 Å². The Labute approximate surface area is 199 Å². The highest BCUT2D eigenvalue weighted by molar-refractivity contribution is 5.90. The fourth-order valence-corrected chi connectivity index (χ4v) is 4.33. The van der Waals surface area contributed by atoms with Gasteiger partial charge >= 0.3 is 6.03 Å². The predicted octanol–water partition coefficient (Wildman–Crippen LogP) is 5.55. The zero-order valence-electron chi connectivity index (χ0n) is 21.5. The van der Waals surface area contributed by atoms with E-state index < -0.39 is 0 Å². The van der Waals surface area contributed by atoms with Crippen LogP contribution in [0.1, 0.15) is 63.8 Å². The minimum absolute atomic E-state index is 0.0229. The molecule has 5 heteroatoms. The van der Waals surface area contributed by atoms with Crippen molar-refractivity contribution in [2.45, 2.75) is 65.2 Å². The third kappa shape index (κ3) is 6.29. The summed E-state index contributed by atoms with van der Waals surface area (Å²) in [6, 6.07) is 12.4. The van der Waals surface area contributed by atoms with Crippen molar-refractivity contribution in [1.82, 2.24) is 9.80 Å². The molecule has 2 aromatic rings. The molecule has 0 spiro atoms. The molecule has 0 aromatic heterocycles. The summed E-state index contributed by atoms with van der Waals surface area (Å²) in [6.07, 6.45) is 1.66. The second-order valence-electron chi connectivity index (χ2n) is 11.4. The van der Waals surface area contributed by atoms with Crippen molar-refractivity contribution in [3.05, 3.63) is 58.7 Å². The SMILES string of the molecule is CN1CCN(C(=O)Nc2ccccc2CCc2cc(C(C)(C)C)c(O)c(C(C)(C)C)c2)CC1. The van der Waals surface area contributed by atoms with Crippen molar-refractivity contribution >= 4 is 11.7 Å². The average molecular weight is 452 g/mol. The number of hydrogen-bond acceptors (Lipinski definition) is 3. The third-order valence-electron chi connectivity index (χ3n) is 6.52. The van der Waals surface area contributed by atoms with Crippen LogP contribution in [-0.2, 0) is 23.7 Å². The summed E-state index contributed by atoms with van der Waals surface area (Å²) in [5.41, 5.74) is 4.91. The minimum Gasteiger partial charge on any atom is -0.507 e. The van der Waals surface area contributed by atoms with Gasteiger partial charge in [-0.2, -0.15) is 0 Å². The highest BCUT2D eigenvalue weighted by Crippen LogP contribution is 2.40. The standard InChI is InChI=1S/C28H41N3O2/c1-27(2,3)22-18-20(19-23(25(22)32)28(4,5)6)12-13-21-10-8-9-11-24(21)29-26(33)31-16-14-30(7)15-17-31/h8-11,18-19,32H,12-17H2,1-7H3,(H,29,33). The molecule has 0 bridgehead atoms. The third-order valence-corrected chi connectivity index (χ3v) is 6.52. The van der Waals surface area contributed by atoms with E-state index in [9.17, 15) is 9.90 Å². The van der Waals surface area contributed by atoms with Gasteiger partial charge in [0.2, 0.25) is 0 Å². The molecule has 180 valence electrons. The number of aromatic hydroxyl groups is 1. The summed E-state index contributed by atoms with van der Waals surface area (Å²) in [7, 11) is 2.09. The summed E-state index contributed by atoms with van der Waals surface area (Å²) in [4.78, 5) is 17.0. The lowest BCUT2D eigenvalue weighted by atomic mass is 9.78. The predicted molar refractivity (Wildman–Crippen MR) is 137 cm³/mol. The molecule has 2 amide bonds. The first kappa shape index (κ1) is 25.1. The van der Waals surface area contributed by atoms with Gasteiger partial charge in [-0.05, 0) is 59.0 Å². The lowest BCUT2D eigenvalue weighted by Gasteiger charge is -2.32. The molecule has 2 aromatic carbocycles.